The van der Waals surface area contributed by atoms with Crippen molar-refractivity contribution in [1.82, 2.24) is 10.1 Å². The fourth-order valence-corrected chi connectivity index (χ4v) is 2.56. The minimum Gasteiger partial charge on any atom is -0.508 e. The third kappa shape index (κ3) is 2.44. The highest BCUT2D eigenvalue weighted by molar-refractivity contribution is 9.10. The number of phenols is 1. The molecule has 1 heterocycles. The van der Waals surface area contributed by atoms with E-state index in [1.807, 2.05) is 25.1 Å². The number of aryl methyl sites for hydroxylation is 1. The standard InChI is InChI=1S/C15H11BrN2O2/c1-9-5-6-12(13(16)7-9)14-17-15(20-18-14)10-3-2-4-11(19)8-10/h2-8,19H,1H3. The molecule has 0 bridgehead atoms. The number of halogens is 1. The molecule has 0 aliphatic heterocycles. The minimum atomic E-state index is 0.166. The number of nitrogens with zero attached hydrogens (tertiary/aromatic N) is 2. The summed E-state index contributed by atoms with van der Waals surface area (Å²) in [6.45, 7) is 2.02. The van der Waals surface area contributed by atoms with E-state index < -0.39 is 0 Å². The van der Waals surface area contributed by atoms with Gasteiger partial charge in [0.15, 0.2) is 0 Å². The molecular weight excluding hydrogens is 320 g/mol. The van der Waals surface area contributed by atoms with E-state index in [-0.39, 0.29) is 5.75 Å². The zero-order valence-corrected chi connectivity index (χ0v) is 12.3. The molecule has 20 heavy (non-hydrogen) atoms. The van der Waals surface area contributed by atoms with Gasteiger partial charge in [-0.2, -0.15) is 4.98 Å². The molecule has 100 valence electrons. The second-order valence-corrected chi connectivity index (χ2v) is 5.31. The van der Waals surface area contributed by atoms with E-state index in [2.05, 4.69) is 26.1 Å². The topological polar surface area (TPSA) is 59.2 Å². The third-order valence-corrected chi connectivity index (χ3v) is 3.54. The van der Waals surface area contributed by atoms with Crippen LogP contribution in [0.4, 0.5) is 0 Å². The number of hydrogen-bond acceptors (Lipinski definition) is 4. The molecule has 0 spiro atoms. The first-order valence-corrected chi connectivity index (χ1v) is 6.82. The lowest BCUT2D eigenvalue weighted by Crippen LogP contribution is -1.84. The van der Waals surface area contributed by atoms with Crippen molar-refractivity contribution in [1.29, 1.82) is 0 Å². The molecule has 0 unspecified atom stereocenters. The lowest BCUT2D eigenvalue weighted by molar-refractivity contribution is 0.431. The van der Waals surface area contributed by atoms with E-state index in [1.54, 1.807) is 24.3 Å². The number of aromatic nitrogens is 2. The van der Waals surface area contributed by atoms with Crippen LogP contribution in [-0.4, -0.2) is 15.2 Å². The molecule has 1 N–H and O–H groups in total. The van der Waals surface area contributed by atoms with Crippen LogP contribution in [0.25, 0.3) is 22.8 Å². The maximum atomic E-state index is 9.48. The van der Waals surface area contributed by atoms with Gasteiger partial charge in [0.05, 0.1) is 0 Å². The highest BCUT2D eigenvalue weighted by Crippen LogP contribution is 2.29. The Labute approximate surface area is 124 Å². The van der Waals surface area contributed by atoms with Crippen LogP contribution >= 0.6 is 15.9 Å². The van der Waals surface area contributed by atoms with Crippen molar-refractivity contribution in [3.8, 4) is 28.6 Å². The van der Waals surface area contributed by atoms with E-state index in [9.17, 15) is 5.11 Å². The predicted molar refractivity (Wildman–Crippen MR) is 79.3 cm³/mol. The Morgan fingerprint density at radius 3 is 2.75 bits per heavy atom. The molecule has 0 atom stereocenters. The van der Waals surface area contributed by atoms with Crippen LogP contribution < -0.4 is 0 Å². The average molecular weight is 331 g/mol. The number of phenolic OH excluding ortho intramolecular Hbond substituents is 1. The number of hydrogen-bond donors (Lipinski definition) is 1. The van der Waals surface area contributed by atoms with E-state index in [0.717, 1.165) is 15.6 Å². The van der Waals surface area contributed by atoms with Crippen molar-refractivity contribution in [2.24, 2.45) is 0 Å². The van der Waals surface area contributed by atoms with Gasteiger partial charge in [0.1, 0.15) is 5.75 Å². The van der Waals surface area contributed by atoms with Crippen LogP contribution in [-0.2, 0) is 0 Å². The summed E-state index contributed by atoms with van der Waals surface area (Å²) >= 11 is 3.50. The molecule has 2 aromatic carbocycles. The van der Waals surface area contributed by atoms with E-state index >= 15 is 0 Å². The van der Waals surface area contributed by atoms with Crippen LogP contribution in [0.3, 0.4) is 0 Å². The van der Waals surface area contributed by atoms with Gasteiger partial charge in [-0.25, -0.2) is 0 Å². The molecule has 0 fully saturated rings. The lowest BCUT2D eigenvalue weighted by atomic mass is 10.1. The summed E-state index contributed by atoms with van der Waals surface area (Å²) in [7, 11) is 0. The van der Waals surface area contributed by atoms with Crippen molar-refractivity contribution in [3.05, 3.63) is 52.5 Å². The first-order chi connectivity index (χ1) is 9.63. The van der Waals surface area contributed by atoms with Gasteiger partial charge >= 0.3 is 0 Å². The Balaban J connectivity index is 2.02. The van der Waals surface area contributed by atoms with Crippen molar-refractivity contribution in [2.75, 3.05) is 0 Å². The molecule has 4 nitrogen and oxygen atoms in total. The van der Waals surface area contributed by atoms with Crippen molar-refractivity contribution < 1.29 is 9.63 Å². The van der Waals surface area contributed by atoms with Gasteiger partial charge in [0.2, 0.25) is 5.82 Å². The summed E-state index contributed by atoms with van der Waals surface area (Å²) in [6, 6.07) is 12.6. The van der Waals surface area contributed by atoms with E-state index in [0.29, 0.717) is 17.3 Å². The van der Waals surface area contributed by atoms with Crippen LogP contribution in [0, 0.1) is 6.92 Å². The van der Waals surface area contributed by atoms with Gasteiger partial charge in [-0.05, 0) is 42.8 Å². The highest BCUT2D eigenvalue weighted by Gasteiger charge is 2.13. The molecular formula is C15H11BrN2O2. The third-order valence-electron chi connectivity index (χ3n) is 2.88. The molecule has 0 aliphatic carbocycles. The maximum Gasteiger partial charge on any atom is 0.258 e. The van der Waals surface area contributed by atoms with Gasteiger partial charge in [-0.3, -0.25) is 0 Å². The average Bonchev–Trinajstić information content (AvgIpc) is 2.88. The monoisotopic (exact) mass is 330 g/mol. The van der Waals surface area contributed by atoms with Crippen LogP contribution in [0.2, 0.25) is 0 Å². The van der Waals surface area contributed by atoms with Crippen LogP contribution in [0.15, 0.2) is 51.5 Å². The van der Waals surface area contributed by atoms with Gasteiger partial charge in [0.25, 0.3) is 5.89 Å². The lowest BCUT2D eigenvalue weighted by Gasteiger charge is -1.99. The largest absolute Gasteiger partial charge is 0.508 e. The Bertz CT molecular complexity index is 768. The van der Waals surface area contributed by atoms with Gasteiger partial charge in [-0.15, -0.1) is 0 Å². The van der Waals surface area contributed by atoms with E-state index in [1.165, 1.54) is 0 Å². The minimum absolute atomic E-state index is 0.166. The summed E-state index contributed by atoms with van der Waals surface area (Å²) in [6.07, 6.45) is 0. The zero-order chi connectivity index (χ0) is 14.1. The van der Waals surface area contributed by atoms with Crippen molar-refractivity contribution in [3.63, 3.8) is 0 Å². The molecule has 3 rings (SSSR count). The smallest absolute Gasteiger partial charge is 0.258 e. The molecule has 0 saturated heterocycles. The van der Waals surface area contributed by atoms with Crippen LogP contribution in [0.1, 0.15) is 5.56 Å². The molecule has 5 heteroatoms. The molecule has 0 aliphatic rings. The molecule has 3 aromatic rings. The second kappa shape index (κ2) is 5.09. The van der Waals surface area contributed by atoms with E-state index in [4.69, 9.17) is 4.52 Å². The normalized spacial score (nSPS) is 10.7. The molecule has 0 saturated carbocycles. The van der Waals surface area contributed by atoms with Gasteiger partial charge in [0, 0.05) is 15.6 Å². The Hall–Kier alpha value is -2.14. The highest BCUT2D eigenvalue weighted by atomic mass is 79.9. The van der Waals surface area contributed by atoms with Crippen LogP contribution in [0.5, 0.6) is 5.75 Å². The maximum absolute atomic E-state index is 9.48. The fraction of sp³-hybridized carbons (Fsp3) is 0.0667. The number of aromatic hydroxyl groups is 1. The fourth-order valence-electron chi connectivity index (χ4n) is 1.89. The van der Waals surface area contributed by atoms with Gasteiger partial charge < -0.3 is 9.63 Å². The van der Waals surface area contributed by atoms with Gasteiger partial charge in [-0.1, -0.05) is 33.2 Å². The zero-order valence-electron chi connectivity index (χ0n) is 10.7. The quantitative estimate of drug-likeness (QED) is 0.765. The Morgan fingerprint density at radius 2 is 2.00 bits per heavy atom. The first-order valence-electron chi connectivity index (χ1n) is 6.03. The summed E-state index contributed by atoms with van der Waals surface area (Å²) in [5.74, 6) is 1.05. The van der Waals surface area contributed by atoms with Crippen molar-refractivity contribution in [2.45, 2.75) is 6.92 Å². The first kappa shape index (κ1) is 12.9. The second-order valence-electron chi connectivity index (χ2n) is 4.46. The summed E-state index contributed by atoms with van der Waals surface area (Å²) in [4.78, 5) is 4.36. The molecule has 0 amide bonds. The predicted octanol–water partition coefficient (Wildman–Crippen LogP) is 4.18. The summed E-state index contributed by atoms with van der Waals surface area (Å²) in [5, 5.41) is 13.5. The SMILES string of the molecule is Cc1ccc(-c2noc(-c3cccc(O)c3)n2)c(Br)c1. The summed E-state index contributed by atoms with van der Waals surface area (Å²) < 4.78 is 6.17. The summed E-state index contributed by atoms with van der Waals surface area (Å²) in [5.41, 5.74) is 2.70. The molecule has 1 aromatic heterocycles. The number of benzene rings is 2. The Morgan fingerprint density at radius 1 is 1.15 bits per heavy atom. The Kier molecular flexibility index (Phi) is 3.28. The van der Waals surface area contributed by atoms with Crippen molar-refractivity contribution >= 4 is 15.9 Å². The number of rotatable bonds is 2. The molecule has 0 radical (unpaired) electrons.